The minimum atomic E-state index is -0.185. The molecule has 7 heteroatoms. The van der Waals surface area contributed by atoms with Crippen LogP contribution >= 0.6 is 11.6 Å². The fourth-order valence-electron chi connectivity index (χ4n) is 2.78. The van der Waals surface area contributed by atoms with Gasteiger partial charge in [0.15, 0.2) is 0 Å². The van der Waals surface area contributed by atoms with E-state index in [0.717, 1.165) is 17.1 Å². The number of hydrogen-bond acceptors (Lipinski definition) is 5. The molecule has 0 amide bonds. The lowest BCUT2D eigenvalue weighted by atomic mass is 10.1. The summed E-state index contributed by atoms with van der Waals surface area (Å²) in [6, 6.07) is 10.6. The number of ether oxygens (including phenoxy) is 2. The second-order valence-electron chi connectivity index (χ2n) is 5.88. The third-order valence-corrected chi connectivity index (χ3v) is 4.43. The van der Waals surface area contributed by atoms with Crippen molar-refractivity contribution in [2.75, 3.05) is 14.2 Å². The van der Waals surface area contributed by atoms with E-state index in [1.165, 1.54) is 0 Å². The molecule has 0 aliphatic heterocycles. The zero-order valence-corrected chi connectivity index (χ0v) is 15.6. The summed E-state index contributed by atoms with van der Waals surface area (Å²) in [7, 11) is 3.25. The Bertz CT molecular complexity index is 987. The number of methoxy groups -OCH3 is 2. The summed E-state index contributed by atoms with van der Waals surface area (Å²) in [5.41, 5.74) is 1.35. The van der Waals surface area contributed by atoms with Gasteiger partial charge >= 0.3 is 0 Å². The number of halogens is 1. The van der Waals surface area contributed by atoms with Crippen molar-refractivity contribution in [3.63, 3.8) is 0 Å². The molecule has 3 aromatic rings. The number of rotatable bonds is 6. The van der Waals surface area contributed by atoms with Crippen LogP contribution < -0.4 is 20.3 Å². The molecule has 0 unspecified atom stereocenters. The molecule has 0 saturated carbocycles. The first kappa shape index (κ1) is 18.2. The Hall–Kier alpha value is -2.57. The van der Waals surface area contributed by atoms with Crippen molar-refractivity contribution in [2.45, 2.75) is 19.5 Å². The highest BCUT2D eigenvalue weighted by Crippen LogP contribution is 2.29. The number of nitrogens with one attached hydrogen (secondary N) is 2. The van der Waals surface area contributed by atoms with Crippen molar-refractivity contribution in [3.05, 3.63) is 63.2 Å². The van der Waals surface area contributed by atoms with Crippen LogP contribution in [0.25, 0.3) is 10.9 Å². The minimum absolute atomic E-state index is 0.0413. The summed E-state index contributed by atoms with van der Waals surface area (Å²) in [4.78, 5) is 19.5. The molecule has 0 bridgehead atoms. The van der Waals surface area contributed by atoms with Crippen molar-refractivity contribution in [3.8, 4) is 11.5 Å². The monoisotopic (exact) mass is 373 g/mol. The molecule has 0 spiro atoms. The summed E-state index contributed by atoms with van der Waals surface area (Å²) in [6.07, 6.45) is 0. The van der Waals surface area contributed by atoms with Gasteiger partial charge in [-0.3, -0.25) is 4.79 Å². The highest BCUT2D eigenvalue weighted by atomic mass is 35.5. The Kier molecular flexibility index (Phi) is 5.44. The first-order chi connectivity index (χ1) is 12.5. The number of aromatic nitrogens is 2. The van der Waals surface area contributed by atoms with E-state index in [1.54, 1.807) is 32.4 Å². The fraction of sp³-hybridized carbons (Fsp3) is 0.263. The van der Waals surface area contributed by atoms with E-state index < -0.39 is 0 Å². The van der Waals surface area contributed by atoms with E-state index in [1.807, 2.05) is 25.1 Å². The van der Waals surface area contributed by atoms with Gasteiger partial charge in [0.05, 0.1) is 31.7 Å². The van der Waals surface area contributed by atoms with Crippen LogP contribution in [-0.2, 0) is 6.54 Å². The molecule has 0 fully saturated rings. The predicted molar refractivity (Wildman–Crippen MR) is 102 cm³/mol. The van der Waals surface area contributed by atoms with Crippen LogP contribution in [0.5, 0.6) is 11.5 Å². The van der Waals surface area contributed by atoms with Crippen molar-refractivity contribution < 1.29 is 9.47 Å². The fourth-order valence-corrected chi connectivity index (χ4v) is 2.95. The maximum atomic E-state index is 12.2. The Morgan fingerprint density at radius 3 is 2.73 bits per heavy atom. The lowest BCUT2D eigenvalue weighted by molar-refractivity contribution is 0.391. The van der Waals surface area contributed by atoms with Crippen LogP contribution in [0.1, 0.15) is 24.4 Å². The molecule has 2 aromatic carbocycles. The molecule has 2 N–H and O–H groups in total. The third-order valence-electron chi connectivity index (χ3n) is 4.20. The van der Waals surface area contributed by atoms with Crippen molar-refractivity contribution >= 4 is 22.5 Å². The number of hydrogen-bond donors (Lipinski definition) is 2. The SMILES string of the molecule is COc1ccc(OC)c([C@H](C)NCc2nc3cc(Cl)ccc3c(=O)[nH]2)c1. The van der Waals surface area contributed by atoms with Gasteiger partial charge in [0.2, 0.25) is 0 Å². The summed E-state index contributed by atoms with van der Waals surface area (Å²) in [6.45, 7) is 2.40. The first-order valence-electron chi connectivity index (χ1n) is 8.15. The average molecular weight is 374 g/mol. The minimum Gasteiger partial charge on any atom is -0.497 e. The molecular weight excluding hydrogens is 354 g/mol. The highest BCUT2D eigenvalue weighted by molar-refractivity contribution is 6.31. The maximum Gasteiger partial charge on any atom is 0.258 e. The van der Waals surface area contributed by atoms with Crippen LogP contribution in [0.4, 0.5) is 0 Å². The second kappa shape index (κ2) is 7.76. The summed E-state index contributed by atoms with van der Waals surface area (Å²) >= 11 is 6.00. The Labute approximate surface area is 156 Å². The van der Waals surface area contributed by atoms with Gasteiger partial charge in [-0.1, -0.05) is 11.6 Å². The van der Waals surface area contributed by atoms with Gasteiger partial charge in [-0.15, -0.1) is 0 Å². The third kappa shape index (κ3) is 3.81. The van der Waals surface area contributed by atoms with Crippen LogP contribution in [0.2, 0.25) is 5.02 Å². The molecule has 6 nitrogen and oxygen atoms in total. The quantitative estimate of drug-likeness (QED) is 0.692. The molecule has 0 aliphatic rings. The van der Waals surface area contributed by atoms with Gasteiger partial charge in [-0.2, -0.15) is 0 Å². The van der Waals surface area contributed by atoms with Gasteiger partial charge < -0.3 is 19.8 Å². The summed E-state index contributed by atoms with van der Waals surface area (Å²) in [5.74, 6) is 2.05. The average Bonchev–Trinajstić information content (AvgIpc) is 2.65. The van der Waals surface area contributed by atoms with Crippen LogP contribution in [0.3, 0.4) is 0 Å². The summed E-state index contributed by atoms with van der Waals surface area (Å²) < 4.78 is 10.7. The number of fused-ring (bicyclic) bond motifs is 1. The normalized spacial score (nSPS) is 12.2. The van der Waals surface area contributed by atoms with Crippen molar-refractivity contribution in [1.82, 2.24) is 15.3 Å². The highest BCUT2D eigenvalue weighted by Gasteiger charge is 2.13. The Morgan fingerprint density at radius 1 is 1.19 bits per heavy atom. The summed E-state index contributed by atoms with van der Waals surface area (Å²) in [5, 5.41) is 4.41. The largest absolute Gasteiger partial charge is 0.497 e. The molecule has 1 heterocycles. The lowest BCUT2D eigenvalue weighted by Crippen LogP contribution is -2.22. The standard InChI is InChI=1S/C19H20ClN3O3/c1-11(15-9-13(25-2)5-7-17(15)26-3)21-10-18-22-16-8-12(20)4-6-14(16)19(24)23-18/h4-9,11,21H,10H2,1-3H3,(H,22,23,24)/t11-/m0/s1. The first-order valence-corrected chi connectivity index (χ1v) is 8.53. The van der Waals surface area contributed by atoms with E-state index in [9.17, 15) is 4.79 Å². The van der Waals surface area contributed by atoms with E-state index in [2.05, 4.69) is 15.3 Å². The smallest absolute Gasteiger partial charge is 0.258 e. The second-order valence-corrected chi connectivity index (χ2v) is 6.32. The molecule has 3 rings (SSSR count). The molecule has 1 aromatic heterocycles. The number of benzene rings is 2. The van der Waals surface area contributed by atoms with E-state index in [-0.39, 0.29) is 11.6 Å². The van der Waals surface area contributed by atoms with Crippen molar-refractivity contribution in [1.29, 1.82) is 0 Å². The number of nitrogens with zero attached hydrogens (tertiary/aromatic N) is 1. The molecule has 0 aliphatic carbocycles. The van der Waals surface area contributed by atoms with Gasteiger partial charge in [0.1, 0.15) is 17.3 Å². The van der Waals surface area contributed by atoms with Crippen molar-refractivity contribution in [2.24, 2.45) is 0 Å². The van der Waals surface area contributed by atoms with Gasteiger partial charge in [-0.25, -0.2) is 4.98 Å². The molecule has 0 radical (unpaired) electrons. The molecule has 136 valence electrons. The van der Waals surface area contributed by atoms with Gasteiger partial charge in [-0.05, 0) is 43.3 Å². The molecular formula is C19H20ClN3O3. The number of H-pyrrole nitrogens is 1. The van der Waals surface area contributed by atoms with E-state index in [4.69, 9.17) is 21.1 Å². The van der Waals surface area contributed by atoms with Gasteiger partial charge in [0, 0.05) is 16.6 Å². The van der Waals surface area contributed by atoms with E-state index in [0.29, 0.717) is 28.3 Å². The Morgan fingerprint density at radius 2 is 2.00 bits per heavy atom. The zero-order valence-electron chi connectivity index (χ0n) is 14.8. The predicted octanol–water partition coefficient (Wildman–Crippen LogP) is 3.44. The molecule has 1 atom stereocenters. The Balaban J connectivity index is 1.83. The lowest BCUT2D eigenvalue weighted by Gasteiger charge is -2.18. The van der Waals surface area contributed by atoms with Gasteiger partial charge in [0.25, 0.3) is 5.56 Å². The van der Waals surface area contributed by atoms with Crippen LogP contribution in [-0.4, -0.2) is 24.2 Å². The van der Waals surface area contributed by atoms with Crippen LogP contribution in [0, 0.1) is 0 Å². The van der Waals surface area contributed by atoms with Crippen LogP contribution in [0.15, 0.2) is 41.2 Å². The number of aromatic amines is 1. The molecule has 0 saturated heterocycles. The molecule has 26 heavy (non-hydrogen) atoms. The zero-order chi connectivity index (χ0) is 18.7. The topological polar surface area (TPSA) is 76.2 Å². The maximum absolute atomic E-state index is 12.2. The van der Waals surface area contributed by atoms with E-state index >= 15 is 0 Å².